The molecule has 0 aliphatic rings. The molecule has 0 bridgehead atoms. The van der Waals surface area contributed by atoms with Gasteiger partial charge in [-0.2, -0.15) is 0 Å². The predicted octanol–water partition coefficient (Wildman–Crippen LogP) is 3.80. The van der Waals surface area contributed by atoms with E-state index in [4.69, 9.17) is 11.6 Å². The van der Waals surface area contributed by atoms with Crippen molar-refractivity contribution in [3.8, 4) is 0 Å². The summed E-state index contributed by atoms with van der Waals surface area (Å²) in [6, 6.07) is 11.0. The fourth-order valence-corrected chi connectivity index (χ4v) is 3.97. The van der Waals surface area contributed by atoms with Crippen molar-refractivity contribution in [2.24, 2.45) is 0 Å². The quantitative estimate of drug-likeness (QED) is 0.715. The lowest BCUT2D eigenvalue weighted by atomic mass is 10.1. The van der Waals surface area contributed by atoms with Crippen LogP contribution < -0.4 is 4.72 Å². The first kappa shape index (κ1) is 16.5. The van der Waals surface area contributed by atoms with E-state index < -0.39 is 16.1 Å². The van der Waals surface area contributed by atoms with Crippen LogP contribution in [0.5, 0.6) is 0 Å². The smallest absolute Gasteiger partial charge is 0.261 e. The highest BCUT2D eigenvalue weighted by molar-refractivity contribution is 14.1. The summed E-state index contributed by atoms with van der Waals surface area (Å²) in [4.78, 5) is 0.137. The van der Waals surface area contributed by atoms with Gasteiger partial charge in [0, 0.05) is 8.59 Å². The van der Waals surface area contributed by atoms with Gasteiger partial charge in [0.05, 0.1) is 16.7 Å². The normalized spacial score (nSPS) is 13.0. The van der Waals surface area contributed by atoms with E-state index >= 15 is 0 Å². The van der Waals surface area contributed by atoms with Crippen LogP contribution in [0.15, 0.2) is 47.4 Å². The van der Waals surface area contributed by atoms with Crippen LogP contribution in [0.4, 0.5) is 5.69 Å². The maximum Gasteiger partial charge on any atom is 0.261 e. The van der Waals surface area contributed by atoms with Crippen LogP contribution in [-0.4, -0.2) is 13.5 Å². The molecule has 0 aliphatic carbocycles. The molecule has 0 aliphatic heterocycles. The molecular weight excluding hydrogens is 425 g/mol. The number of aliphatic hydroxyl groups excluding tert-OH is 1. The summed E-state index contributed by atoms with van der Waals surface area (Å²) >= 11 is 7.86. The van der Waals surface area contributed by atoms with E-state index in [0.29, 0.717) is 19.8 Å². The topological polar surface area (TPSA) is 66.4 Å². The number of benzene rings is 2. The average Bonchev–Trinajstić information content (AvgIpc) is 2.42. The predicted molar refractivity (Wildman–Crippen MR) is 92.1 cm³/mol. The third-order valence-electron chi connectivity index (χ3n) is 2.85. The number of sulfonamides is 1. The molecule has 2 rings (SSSR count). The first-order valence-electron chi connectivity index (χ1n) is 6.05. The zero-order valence-corrected chi connectivity index (χ0v) is 14.8. The summed E-state index contributed by atoms with van der Waals surface area (Å²) < 4.78 is 27.9. The standard InChI is InChI=1S/C14H13ClINO3S/c1-9(18)10-2-5-12(6-3-10)21(19,20)17-14-7-4-11(15)8-13(14)16/h2-9,17-18H,1H3. The molecule has 0 amide bonds. The third kappa shape index (κ3) is 4.09. The summed E-state index contributed by atoms with van der Waals surface area (Å²) in [5.41, 5.74) is 1.13. The van der Waals surface area contributed by atoms with E-state index in [2.05, 4.69) is 4.72 Å². The zero-order valence-electron chi connectivity index (χ0n) is 11.0. The second-order valence-electron chi connectivity index (χ2n) is 4.47. The number of aliphatic hydroxyl groups is 1. The number of halogens is 2. The molecular formula is C14H13ClINO3S. The maximum absolute atomic E-state index is 12.3. The monoisotopic (exact) mass is 437 g/mol. The Hall–Kier alpha value is -0.830. The molecule has 0 heterocycles. The summed E-state index contributed by atoms with van der Waals surface area (Å²) in [6.45, 7) is 1.62. The molecule has 4 nitrogen and oxygen atoms in total. The average molecular weight is 438 g/mol. The van der Waals surface area contributed by atoms with E-state index in [1.807, 2.05) is 22.6 Å². The van der Waals surface area contributed by atoms with Gasteiger partial charge in [0.15, 0.2) is 0 Å². The van der Waals surface area contributed by atoms with Crippen molar-refractivity contribution in [2.75, 3.05) is 4.72 Å². The van der Waals surface area contributed by atoms with Crippen LogP contribution >= 0.6 is 34.2 Å². The third-order valence-corrected chi connectivity index (χ3v) is 5.36. The van der Waals surface area contributed by atoms with Crippen LogP contribution in [0.1, 0.15) is 18.6 Å². The van der Waals surface area contributed by atoms with Gasteiger partial charge in [0.25, 0.3) is 10.0 Å². The molecule has 1 atom stereocenters. The second kappa shape index (κ2) is 6.51. The highest BCUT2D eigenvalue weighted by Crippen LogP contribution is 2.25. The Labute approximate surface area is 142 Å². The molecule has 7 heteroatoms. The van der Waals surface area contributed by atoms with Crippen molar-refractivity contribution in [1.29, 1.82) is 0 Å². The highest BCUT2D eigenvalue weighted by Gasteiger charge is 2.16. The van der Waals surface area contributed by atoms with E-state index in [1.165, 1.54) is 12.1 Å². The molecule has 2 aromatic rings. The number of anilines is 1. The lowest BCUT2D eigenvalue weighted by Crippen LogP contribution is -2.13. The fraction of sp³-hybridized carbons (Fsp3) is 0.143. The van der Waals surface area contributed by atoms with Crippen LogP contribution in [0.2, 0.25) is 5.02 Å². The van der Waals surface area contributed by atoms with Gasteiger partial charge in [-0.05, 0) is 65.4 Å². The largest absolute Gasteiger partial charge is 0.389 e. The second-order valence-corrected chi connectivity index (χ2v) is 7.76. The summed E-state index contributed by atoms with van der Waals surface area (Å²) in [5.74, 6) is 0. The number of rotatable bonds is 4. The van der Waals surface area contributed by atoms with Gasteiger partial charge in [-0.3, -0.25) is 4.72 Å². The van der Waals surface area contributed by atoms with E-state index in [0.717, 1.165) is 0 Å². The van der Waals surface area contributed by atoms with Crippen LogP contribution in [-0.2, 0) is 10.0 Å². The summed E-state index contributed by atoms with van der Waals surface area (Å²) in [6.07, 6.45) is -0.632. The molecule has 0 aromatic heterocycles. The number of hydrogen-bond donors (Lipinski definition) is 2. The van der Waals surface area contributed by atoms with Crippen molar-refractivity contribution in [3.05, 3.63) is 56.6 Å². The summed E-state index contributed by atoms with van der Waals surface area (Å²) in [7, 11) is -3.67. The Morgan fingerprint density at radius 3 is 2.33 bits per heavy atom. The SMILES string of the molecule is CC(O)c1ccc(S(=O)(=O)Nc2ccc(Cl)cc2I)cc1. The minimum atomic E-state index is -3.67. The molecule has 2 N–H and O–H groups in total. The minimum absolute atomic E-state index is 0.137. The number of hydrogen-bond acceptors (Lipinski definition) is 3. The first-order chi connectivity index (χ1) is 9.79. The van der Waals surface area contributed by atoms with Crippen molar-refractivity contribution in [2.45, 2.75) is 17.9 Å². The zero-order chi connectivity index (χ0) is 15.6. The molecule has 0 saturated heterocycles. The van der Waals surface area contributed by atoms with Gasteiger partial charge in [-0.1, -0.05) is 23.7 Å². The van der Waals surface area contributed by atoms with Crippen LogP contribution in [0.3, 0.4) is 0 Å². The fourth-order valence-electron chi connectivity index (χ4n) is 1.70. The lowest BCUT2D eigenvalue weighted by Gasteiger charge is -2.11. The van der Waals surface area contributed by atoms with Gasteiger partial charge >= 0.3 is 0 Å². The van der Waals surface area contributed by atoms with Gasteiger partial charge < -0.3 is 5.11 Å². The Balaban J connectivity index is 2.29. The van der Waals surface area contributed by atoms with Gasteiger partial charge in [0.1, 0.15) is 0 Å². The van der Waals surface area contributed by atoms with E-state index in [9.17, 15) is 13.5 Å². The van der Waals surface area contributed by atoms with Crippen molar-refractivity contribution in [3.63, 3.8) is 0 Å². The van der Waals surface area contributed by atoms with E-state index in [-0.39, 0.29) is 4.90 Å². The minimum Gasteiger partial charge on any atom is -0.389 e. The van der Waals surface area contributed by atoms with Gasteiger partial charge in [-0.15, -0.1) is 0 Å². The van der Waals surface area contributed by atoms with E-state index in [1.54, 1.807) is 37.3 Å². The first-order valence-corrected chi connectivity index (χ1v) is 8.99. The Bertz CT molecular complexity index is 745. The Morgan fingerprint density at radius 2 is 1.81 bits per heavy atom. The highest BCUT2D eigenvalue weighted by atomic mass is 127. The van der Waals surface area contributed by atoms with Crippen LogP contribution in [0, 0.1) is 3.57 Å². The maximum atomic E-state index is 12.3. The molecule has 0 radical (unpaired) electrons. The molecule has 2 aromatic carbocycles. The molecule has 112 valence electrons. The molecule has 1 unspecified atom stereocenters. The summed E-state index contributed by atoms with van der Waals surface area (Å²) in [5, 5.41) is 9.98. The van der Waals surface area contributed by atoms with Crippen molar-refractivity contribution in [1.82, 2.24) is 0 Å². The molecule has 21 heavy (non-hydrogen) atoms. The molecule has 0 fully saturated rings. The number of nitrogens with one attached hydrogen (secondary N) is 1. The van der Waals surface area contributed by atoms with Gasteiger partial charge in [0.2, 0.25) is 0 Å². The van der Waals surface area contributed by atoms with Crippen molar-refractivity contribution >= 4 is 49.9 Å². The Kier molecular flexibility index (Phi) is 5.13. The van der Waals surface area contributed by atoms with Crippen LogP contribution in [0.25, 0.3) is 0 Å². The molecule has 0 spiro atoms. The lowest BCUT2D eigenvalue weighted by molar-refractivity contribution is 0.199. The Morgan fingerprint density at radius 1 is 1.19 bits per heavy atom. The van der Waals surface area contributed by atoms with Crippen molar-refractivity contribution < 1.29 is 13.5 Å². The van der Waals surface area contributed by atoms with Gasteiger partial charge in [-0.25, -0.2) is 8.42 Å². The molecule has 0 saturated carbocycles.